The second-order valence-electron chi connectivity index (χ2n) is 5.34. The van der Waals surface area contributed by atoms with Gasteiger partial charge in [0.15, 0.2) is 5.13 Å². The first kappa shape index (κ1) is 17.7. The first-order valence-corrected chi connectivity index (χ1v) is 8.87. The lowest BCUT2D eigenvalue weighted by Crippen LogP contribution is -2.19. The van der Waals surface area contributed by atoms with Gasteiger partial charge in [-0.15, -0.1) is 11.3 Å². The minimum atomic E-state index is -0.376. The molecular formula is C17H13Cl2N3O2S. The topological polar surface area (TPSA) is 64.0 Å². The van der Waals surface area contributed by atoms with Crippen LogP contribution in [0.3, 0.4) is 0 Å². The number of carbonyl (C=O) groups is 1. The van der Waals surface area contributed by atoms with Gasteiger partial charge < -0.3 is 4.57 Å². The van der Waals surface area contributed by atoms with Crippen molar-refractivity contribution in [3.05, 3.63) is 79.1 Å². The number of aromatic nitrogens is 2. The predicted octanol–water partition coefficient (Wildman–Crippen LogP) is 3.99. The Kier molecular flexibility index (Phi) is 5.22. The van der Waals surface area contributed by atoms with Crippen molar-refractivity contribution in [3.8, 4) is 0 Å². The Morgan fingerprint density at radius 2 is 2.12 bits per heavy atom. The largest absolute Gasteiger partial charge is 0.319 e. The van der Waals surface area contributed by atoms with Crippen molar-refractivity contribution in [1.82, 2.24) is 9.55 Å². The number of nitrogens with zero attached hydrogens (tertiary/aromatic N) is 2. The first-order valence-electron chi connectivity index (χ1n) is 7.29. The Morgan fingerprint density at radius 1 is 1.32 bits per heavy atom. The highest BCUT2D eigenvalue weighted by Crippen LogP contribution is 2.29. The summed E-state index contributed by atoms with van der Waals surface area (Å²) < 4.78 is 1.40. The van der Waals surface area contributed by atoms with E-state index in [0.717, 1.165) is 10.4 Å². The molecule has 128 valence electrons. The monoisotopic (exact) mass is 393 g/mol. The number of aryl methyl sites for hydroxylation is 1. The number of amides is 1. The lowest BCUT2D eigenvalue weighted by molar-refractivity contribution is 0.102. The molecule has 0 spiro atoms. The summed E-state index contributed by atoms with van der Waals surface area (Å²) >= 11 is 13.6. The summed E-state index contributed by atoms with van der Waals surface area (Å²) in [5.74, 6) is -0.376. The van der Waals surface area contributed by atoms with Crippen LogP contribution in [-0.4, -0.2) is 15.5 Å². The van der Waals surface area contributed by atoms with Crippen LogP contribution in [-0.2, 0) is 13.5 Å². The average Bonchev–Trinajstić information content (AvgIpc) is 3.01. The predicted molar refractivity (Wildman–Crippen MR) is 101 cm³/mol. The zero-order valence-corrected chi connectivity index (χ0v) is 15.5. The lowest BCUT2D eigenvalue weighted by Gasteiger charge is -2.04. The van der Waals surface area contributed by atoms with Gasteiger partial charge in [0, 0.05) is 42.4 Å². The molecule has 3 rings (SSSR count). The SMILES string of the molecule is Cn1ccc(C(=O)Nc2ncc(Cc3cccc(Cl)c3Cl)s2)cc1=O. The summed E-state index contributed by atoms with van der Waals surface area (Å²) in [6, 6.07) is 8.33. The van der Waals surface area contributed by atoms with Crippen molar-refractivity contribution < 1.29 is 4.79 Å². The van der Waals surface area contributed by atoms with Crippen LogP contribution in [0.15, 0.2) is 47.5 Å². The molecule has 1 aromatic carbocycles. The second-order valence-corrected chi connectivity index (χ2v) is 7.24. The summed E-state index contributed by atoms with van der Waals surface area (Å²) in [7, 11) is 1.62. The van der Waals surface area contributed by atoms with Crippen LogP contribution >= 0.6 is 34.5 Å². The molecule has 0 aliphatic carbocycles. The number of pyridine rings is 1. The fourth-order valence-corrected chi connectivity index (χ4v) is 3.40. The van der Waals surface area contributed by atoms with Crippen molar-refractivity contribution in [2.75, 3.05) is 5.32 Å². The highest BCUT2D eigenvalue weighted by molar-refractivity contribution is 7.15. The highest BCUT2D eigenvalue weighted by Gasteiger charge is 2.12. The summed E-state index contributed by atoms with van der Waals surface area (Å²) in [6.07, 6.45) is 3.80. The van der Waals surface area contributed by atoms with E-state index in [2.05, 4.69) is 10.3 Å². The van der Waals surface area contributed by atoms with E-state index in [-0.39, 0.29) is 17.0 Å². The van der Waals surface area contributed by atoms with Crippen molar-refractivity contribution >= 4 is 45.6 Å². The maximum Gasteiger partial charge on any atom is 0.257 e. The van der Waals surface area contributed by atoms with Crippen molar-refractivity contribution in [2.45, 2.75) is 6.42 Å². The molecule has 0 saturated carbocycles. The number of rotatable bonds is 4. The number of hydrogen-bond acceptors (Lipinski definition) is 4. The number of carbonyl (C=O) groups excluding carboxylic acids is 1. The fraction of sp³-hybridized carbons (Fsp3) is 0.118. The number of halogens is 2. The summed E-state index contributed by atoms with van der Waals surface area (Å²) in [4.78, 5) is 29.0. The lowest BCUT2D eigenvalue weighted by atomic mass is 10.1. The fourth-order valence-electron chi connectivity index (χ4n) is 2.18. The molecule has 0 aliphatic rings. The average molecular weight is 394 g/mol. The molecule has 25 heavy (non-hydrogen) atoms. The highest BCUT2D eigenvalue weighted by atomic mass is 35.5. The van der Waals surface area contributed by atoms with E-state index in [1.807, 2.05) is 12.1 Å². The van der Waals surface area contributed by atoms with Crippen LogP contribution in [0.1, 0.15) is 20.8 Å². The van der Waals surface area contributed by atoms with Crippen molar-refractivity contribution in [1.29, 1.82) is 0 Å². The van der Waals surface area contributed by atoms with Crippen molar-refractivity contribution in [2.24, 2.45) is 7.05 Å². The minimum absolute atomic E-state index is 0.247. The van der Waals surface area contributed by atoms with Gasteiger partial charge in [0.1, 0.15) is 0 Å². The zero-order chi connectivity index (χ0) is 18.0. The third-order valence-electron chi connectivity index (χ3n) is 3.54. The van der Waals surface area contributed by atoms with Crippen LogP contribution in [0.2, 0.25) is 10.0 Å². The molecule has 2 heterocycles. The third-order valence-corrected chi connectivity index (χ3v) is 5.31. The summed E-state index contributed by atoms with van der Waals surface area (Å²) in [6.45, 7) is 0. The molecule has 0 radical (unpaired) electrons. The van der Waals surface area contributed by atoms with E-state index in [1.165, 1.54) is 22.0 Å². The number of hydrogen-bond donors (Lipinski definition) is 1. The number of thiazole rings is 1. The van der Waals surface area contributed by atoms with Crippen molar-refractivity contribution in [3.63, 3.8) is 0 Å². The number of benzene rings is 1. The molecule has 0 fully saturated rings. The maximum absolute atomic E-state index is 12.2. The van der Waals surface area contributed by atoms with Gasteiger partial charge in [-0.3, -0.25) is 14.9 Å². The van der Waals surface area contributed by atoms with Gasteiger partial charge in [-0.25, -0.2) is 4.98 Å². The molecule has 3 aromatic rings. The smallest absolute Gasteiger partial charge is 0.257 e. The van der Waals surface area contributed by atoms with E-state index in [9.17, 15) is 9.59 Å². The Hall–Kier alpha value is -2.15. The molecule has 0 unspecified atom stereocenters. The van der Waals surface area contributed by atoms with Gasteiger partial charge in [-0.1, -0.05) is 35.3 Å². The van der Waals surface area contributed by atoms with Crippen LogP contribution in [0.25, 0.3) is 0 Å². The van der Waals surface area contributed by atoms with Gasteiger partial charge in [0.2, 0.25) is 0 Å². The van der Waals surface area contributed by atoms with Crippen LogP contribution in [0, 0.1) is 0 Å². The maximum atomic E-state index is 12.2. The third kappa shape index (κ3) is 4.10. The Labute approximate surface area is 157 Å². The molecule has 0 aliphatic heterocycles. The Bertz CT molecular complexity index is 998. The molecule has 1 amide bonds. The number of nitrogens with one attached hydrogen (secondary N) is 1. The van der Waals surface area contributed by atoms with Gasteiger partial charge in [0.25, 0.3) is 11.5 Å². The van der Waals surface area contributed by atoms with Crippen LogP contribution in [0.4, 0.5) is 5.13 Å². The van der Waals surface area contributed by atoms with E-state index < -0.39 is 0 Å². The van der Waals surface area contributed by atoms with Gasteiger partial charge in [0.05, 0.1) is 10.0 Å². The summed E-state index contributed by atoms with van der Waals surface area (Å²) in [5.41, 5.74) is 0.933. The van der Waals surface area contributed by atoms with Gasteiger partial charge >= 0.3 is 0 Å². The van der Waals surface area contributed by atoms with Gasteiger partial charge in [-0.05, 0) is 17.7 Å². The molecule has 0 atom stereocenters. The molecule has 2 aromatic heterocycles. The van der Waals surface area contributed by atoms with E-state index >= 15 is 0 Å². The molecule has 8 heteroatoms. The van der Waals surface area contributed by atoms with Gasteiger partial charge in [-0.2, -0.15) is 0 Å². The summed E-state index contributed by atoms with van der Waals surface area (Å²) in [5, 5.41) is 4.18. The molecular weight excluding hydrogens is 381 g/mol. The van der Waals surface area contributed by atoms with E-state index in [4.69, 9.17) is 23.2 Å². The van der Waals surface area contributed by atoms with Crippen LogP contribution in [0.5, 0.6) is 0 Å². The first-order chi connectivity index (χ1) is 11.9. The molecule has 0 bridgehead atoms. The normalized spacial score (nSPS) is 10.7. The number of anilines is 1. The van der Waals surface area contributed by atoms with E-state index in [0.29, 0.717) is 21.6 Å². The second kappa shape index (κ2) is 7.39. The standard InChI is InChI=1S/C17H13Cl2N3O2S/c1-22-6-5-11(8-14(22)23)16(24)21-17-20-9-12(25-17)7-10-3-2-4-13(18)15(10)19/h2-6,8-9H,7H2,1H3,(H,20,21,24). The molecule has 0 saturated heterocycles. The zero-order valence-electron chi connectivity index (χ0n) is 13.1. The molecule has 1 N–H and O–H groups in total. The molecule has 5 nitrogen and oxygen atoms in total. The quantitative estimate of drug-likeness (QED) is 0.728. The van der Waals surface area contributed by atoms with E-state index in [1.54, 1.807) is 31.6 Å². The Morgan fingerprint density at radius 3 is 2.88 bits per heavy atom. The Balaban J connectivity index is 1.73. The van der Waals surface area contributed by atoms with Crippen LogP contribution < -0.4 is 10.9 Å². The minimum Gasteiger partial charge on any atom is -0.319 e.